The van der Waals surface area contributed by atoms with Crippen molar-refractivity contribution in [3.8, 4) is 11.5 Å². The number of carbonyl (C=O) groups is 2. The third kappa shape index (κ3) is 6.16. The lowest BCUT2D eigenvalue weighted by atomic mass is 10.1. The first-order valence-corrected chi connectivity index (χ1v) is 11.3. The minimum Gasteiger partial charge on any atom is -0.497 e. The van der Waals surface area contributed by atoms with E-state index in [0.717, 1.165) is 12.8 Å². The molecule has 2 fully saturated rings. The summed E-state index contributed by atoms with van der Waals surface area (Å²) < 4.78 is 16.4. The Balaban J connectivity index is 1.40. The fourth-order valence-electron chi connectivity index (χ4n) is 3.95. The lowest BCUT2D eigenvalue weighted by molar-refractivity contribution is -0.0266. The minimum atomic E-state index is -0.247. The highest BCUT2D eigenvalue weighted by atomic mass is 16.5. The van der Waals surface area contributed by atoms with Crippen molar-refractivity contribution in [3.05, 3.63) is 54.1 Å². The van der Waals surface area contributed by atoms with Crippen LogP contribution in [0.1, 0.15) is 23.2 Å². The summed E-state index contributed by atoms with van der Waals surface area (Å²) in [6.45, 7) is 2.49. The molecule has 8 heteroatoms. The Bertz CT molecular complexity index is 978. The van der Waals surface area contributed by atoms with E-state index in [1.165, 1.54) is 0 Å². The summed E-state index contributed by atoms with van der Waals surface area (Å²) in [6, 6.07) is 14.3. The van der Waals surface area contributed by atoms with Crippen LogP contribution in [0.15, 0.2) is 48.5 Å². The Kier molecular flexibility index (Phi) is 7.34. The lowest BCUT2D eigenvalue weighted by Crippen LogP contribution is -2.51. The number of methoxy groups -OCH3 is 2. The van der Waals surface area contributed by atoms with Crippen LogP contribution in [0.3, 0.4) is 0 Å². The molecule has 2 aromatic carbocycles. The van der Waals surface area contributed by atoms with Crippen LogP contribution < -0.4 is 14.8 Å². The van der Waals surface area contributed by atoms with Crippen molar-refractivity contribution in [2.45, 2.75) is 18.9 Å². The molecule has 176 valence electrons. The maximum atomic E-state index is 13.3. The molecule has 2 aliphatic rings. The highest BCUT2D eigenvalue weighted by molar-refractivity contribution is 5.94. The molecule has 1 aliphatic heterocycles. The first-order valence-electron chi connectivity index (χ1n) is 11.3. The molecule has 8 nitrogen and oxygen atoms in total. The largest absolute Gasteiger partial charge is 0.497 e. The third-order valence-electron chi connectivity index (χ3n) is 5.95. The first-order chi connectivity index (χ1) is 16.1. The van der Waals surface area contributed by atoms with Gasteiger partial charge in [-0.25, -0.2) is 4.79 Å². The van der Waals surface area contributed by atoms with Gasteiger partial charge < -0.3 is 29.3 Å². The zero-order chi connectivity index (χ0) is 23.2. The zero-order valence-corrected chi connectivity index (χ0v) is 19.2. The van der Waals surface area contributed by atoms with Crippen LogP contribution in [0, 0.1) is 5.92 Å². The van der Waals surface area contributed by atoms with Crippen molar-refractivity contribution in [3.63, 3.8) is 0 Å². The van der Waals surface area contributed by atoms with Crippen LogP contribution in [-0.4, -0.2) is 74.8 Å². The van der Waals surface area contributed by atoms with E-state index in [1.54, 1.807) is 37.3 Å². The second-order valence-corrected chi connectivity index (χ2v) is 8.49. The van der Waals surface area contributed by atoms with Gasteiger partial charge in [-0.05, 0) is 49.1 Å². The lowest BCUT2D eigenvalue weighted by Gasteiger charge is -2.36. The molecule has 4 rings (SSSR count). The predicted molar refractivity (Wildman–Crippen MR) is 125 cm³/mol. The van der Waals surface area contributed by atoms with Gasteiger partial charge in [0.05, 0.1) is 33.5 Å². The summed E-state index contributed by atoms with van der Waals surface area (Å²) in [4.78, 5) is 29.7. The topological polar surface area (TPSA) is 80.3 Å². The number of morpholine rings is 1. The Hall–Kier alpha value is -3.26. The van der Waals surface area contributed by atoms with Gasteiger partial charge in [-0.15, -0.1) is 0 Å². The highest BCUT2D eigenvalue weighted by Crippen LogP contribution is 2.30. The van der Waals surface area contributed by atoms with Crippen LogP contribution in [0.2, 0.25) is 0 Å². The summed E-state index contributed by atoms with van der Waals surface area (Å²) in [5.74, 6) is 1.83. The van der Waals surface area contributed by atoms with E-state index in [0.29, 0.717) is 61.5 Å². The number of nitrogens with zero attached hydrogens (tertiary/aromatic N) is 2. The number of anilines is 1. The summed E-state index contributed by atoms with van der Waals surface area (Å²) in [7, 11) is 3.18. The molecule has 0 spiro atoms. The summed E-state index contributed by atoms with van der Waals surface area (Å²) in [6.07, 6.45) is 2.04. The van der Waals surface area contributed by atoms with Crippen molar-refractivity contribution in [2.24, 2.45) is 5.92 Å². The van der Waals surface area contributed by atoms with E-state index in [2.05, 4.69) is 5.32 Å². The number of rotatable bonds is 8. The first kappa shape index (κ1) is 22.9. The van der Waals surface area contributed by atoms with Gasteiger partial charge in [-0.3, -0.25) is 4.79 Å². The van der Waals surface area contributed by atoms with Gasteiger partial charge in [0, 0.05) is 37.0 Å². The quantitative estimate of drug-likeness (QED) is 0.662. The molecule has 33 heavy (non-hydrogen) atoms. The van der Waals surface area contributed by atoms with Gasteiger partial charge in [0.25, 0.3) is 5.91 Å². The van der Waals surface area contributed by atoms with Gasteiger partial charge in [0.1, 0.15) is 11.5 Å². The third-order valence-corrected chi connectivity index (χ3v) is 5.95. The normalized spacial score (nSPS) is 17.9. The van der Waals surface area contributed by atoms with Crippen molar-refractivity contribution in [2.75, 3.05) is 52.3 Å². The Morgan fingerprint density at radius 1 is 1.06 bits per heavy atom. The number of amides is 3. The number of ether oxygens (including phenoxy) is 3. The molecule has 0 radical (unpaired) electrons. The Morgan fingerprint density at radius 3 is 2.52 bits per heavy atom. The number of nitrogens with one attached hydrogen (secondary N) is 1. The van der Waals surface area contributed by atoms with Crippen molar-refractivity contribution < 1.29 is 23.8 Å². The molecule has 1 aliphatic carbocycles. The molecular formula is C25H31N3O5. The van der Waals surface area contributed by atoms with Gasteiger partial charge in [0.2, 0.25) is 0 Å². The predicted octanol–water partition coefficient (Wildman–Crippen LogP) is 3.49. The number of carbonyl (C=O) groups excluding carboxylic acids is 2. The van der Waals surface area contributed by atoms with E-state index in [1.807, 2.05) is 35.2 Å². The molecule has 1 unspecified atom stereocenters. The zero-order valence-electron chi connectivity index (χ0n) is 19.2. The minimum absolute atomic E-state index is 0.0395. The van der Waals surface area contributed by atoms with Crippen LogP contribution in [0.5, 0.6) is 11.5 Å². The molecule has 1 heterocycles. The standard InChI is InChI=1S/C25H31N3O5/c1-31-21-7-3-5-19(13-21)24(29)28(15-18-9-10-18)17-23-16-27(11-12-33-23)25(30)26-20-6-4-8-22(14-20)32-2/h3-8,13-14,18,23H,9-12,15-17H2,1-2H3,(H,26,30). The second kappa shape index (κ2) is 10.6. The average Bonchev–Trinajstić information content (AvgIpc) is 3.67. The number of hydrogen-bond acceptors (Lipinski definition) is 5. The highest BCUT2D eigenvalue weighted by Gasteiger charge is 2.32. The average molecular weight is 454 g/mol. The molecule has 2 aromatic rings. The van der Waals surface area contributed by atoms with Crippen molar-refractivity contribution in [1.82, 2.24) is 9.80 Å². The maximum Gasteiger partial charge on any atom is 0.322 e. The van der Waals surface area contributed by atoms with Crippen molar-refractivity contribution in [1.29, 1.82) is 0 Å². The molecule has 0 bridgehead atoms. The van der Waals surface area contributed by atoms with Crippen LogP contribution >= 0.6 is 0 Å². The number of hydrogen-bond donors (Lipinski definition) is 1. The van der Waals surface area contributed by atoms with E-state index in [4.69, 9.17) is 14.2 Å². The molecule has 1 saturated heterocycles. The maximum absolute atomic E-state index is 13.3. The Labute approximate surface area is 194 Å². The molecule has 1 atom stereocenters. The van der Waals surface area contributed by atoms with Crippen LogP contribution in [0.25, 0.3) is 0 Å². The van der Waals surface area contributed by atoms with E-state index in [9.17, 15) is 9.59 Å². The molecule has 1 N–H and O–H groups in total. The SMILES string of the molecule is COc1cccc(NC(=O)N2CCOC(CN(CC3CC3)C(=O)c3cccc(OC)c3)C2)c1. The van der Waals surface area contributed by atoms with Crippen LogP contribution in [-0.2, 0) is 4.74 Å². The molecule has 3 amide bonds. The Morgan fingerprint density at radius 2 is 1.79 bits per heavy atom. The van der Waals surface area contributed by atoms with Crippen molar-refractivity contribution >= 4 is 17.6 Å². The summed E-state index contributed by atoms with van der Waals surface area (Å²) in [5.41, 5.74) is 1.27. The van der Waals surface area contributed by atoms with E-state index < -0.39 is 0 Å². The summed E-state index contributed by atoms with van der Waals surface area (Å²) >= 11 is 0. The van der Waals surface area contributed by atoms with Gasteiger partial charge in [-0.1, -0.05) is 12.1 Å². The van der Waals surface area contributed by atoms with Gasteiger partial charge in [0.15, 0.2) is 0 Å². The van der Waals surface area contributed by atoms with E-state index in [-0.39, 0.29) is 18.0 Å². The fraction of sp³-hybridized carbons (Fsp3) is 0.440. The van der Waals surface area contributed by atoms with Gasteiger partial charge >= 0.3 is 6.03 Å². The molecular weight excluding hydrogens is 422 g/mol. The second-order valence-electron chi connectivity index (χ2n) is 8.49. The van der Waals surface area contributed by atoms with Crippen LogP contribution in [0.4, 0.5) is 10.5 Å². The molecule has 0 aromatic heterocycles. The van der Waals surface area contributed by atoms with Gasteiger partial charge in [-0.2, -0.15) is 0 Å². The fourth-order valence-corrected chi connectivity index (χ4v) is 3.95. The van der Waals surface area contributed by atoms with E-state index >= 15 is 0 Å². The number of benzene rings is 2. The summed E-state index contributed by atoms with van der Waals surface area (Å²) in [5, 5.41) is 2.92. The number of urea groups is 1. The monoisotopic (exact) mass is 453 g/mol. The smallest absolute Gasteiger partial charge is 0.322 e. The molecule has 1 saturated carbocycles.